The number of aliphatic hydroxyl groups is 1. The molecule has 0 spiro atoms. The normalized spacial score (nSPS) is 12.0. The lowest BCUT2D eigenvalue weighted by Crippen LogP contribution is -1.98. The Labute approximate surface area is 120 Å². The molecule has 0 aromatic heterocycles. The van der Waals surface area contributed by atoms with Crippen LogP contribution in [0.15, 0.2) is 36.4 Å². The highest BCUT2D eigenvalue weighted by Crippen LogP contribution is 2.32. The molecule has 0 aliphatic rings. The summed E-state index contributed by atoms with van der Waals surface area (Å²) in [5.41, 5.74) is 0.765. The number of benzene rings is 2. The molecule has 2 rings (SSSR count). The van der Waals surface area contributed by atoms with E-state index >= 15 is 0 Å². The van der Waals surface area contributed by atoms with Gasteiger partial charge in [-0.05, 0) is 44.2 Å². The molecule has 6 heteroatoms. The number of nitro groups is 1. The van der Waals surface area contributed by atoms with Gasteiger partial charge in [-0.3, -0.25) is 10.1 Å². The lowest BCUT2D eigenvalue weighted by molar-refractivity contribution is -0.385. The minimum absolute atomic E-state index is 0.00259. The average molecular weight is 291 g/mol. The van der Waals surface area contributed by atoms with Crippen molar-refractivity contribution in [1.29, 1.82) is 0 Å². The van der Waals surface area contributed by atoms with E-state index < -0.39 is 16.8 Å². The third-order valence-corrected chi connectivity index (χ3v) is 3.01. The van der Waals surface area contributed by atoms with Crippen LogP contribution in [0.4, 0.5) is 10.1 Å². The van der Waals surface area contributed by atoms with E-state index in [0.717, 1.165) is 0 Å². The molecular formula is C15H14FNO4. The predicted octanol–water partition coefficient (Wildman–Crippen LogP) is 3.89. The average Bonchev–Trinajstić information content (AvgIpc) is 2.40. The van der Waals surface area contributed by atoms with Gasteiger partial charge in [-0.15, -0.1) is 0 Å². The number of hydrogen-bond acceptors (Lipinski definition) is 4. The molecule has 0 bridgehead atoms. The van der Waals surface area contributed by atoms with Crippen molar-refractivity contribution in [3.8, 4) is 11.5 Å². The number of hydrogen-bond donors (Lipinski definition) is 1. The van der Waals surface area contributed by atoms with E-state index in [2.05, 4.69) is 0 Å². The van der Waals surface area contributed by atoms with Gasteiger partial charge in [0, 0.05) is 17.2 Å². The fourth-order valence-electron chi connectivity index (χ4n) is 1.96. The third kappa shape index (κ3) is 3.35. The summed E-state index contributed by atoms with van der Waals surface area (Å²) in [5.74, 6) is 0.212. The van der Waals surface area contributed by atoms with Crippen molar-refractivity contribution >= 4 is 5.69 Å². The van der Waals surface area contributed by atoms with Gasteiger partial charge in [-0.1, -0.05) is 0 Å². The first kappa shape index (κ1) is 14.9. The zero-order chi connectivity index (χ0) is 15.6. The standard InChI is InChI=1S/C15H14FNO4/c1-9-7-12(4-5-14(9)17(19)20)21-15-6-3-11(16)8-13(15)10(2)18/h3-8,10,18H,1-2H3. The van der Waals surface area contributed by atoms with Crippen molar-refractivity contribution in [3.05, 3.63) is 63.5 Å². The number of aryl methyl sites for hydroxylation is 1. The monoisotopic (exact) mass is 291 g/mol. The quantitative estimate of drug-likeness (QED) is 0.685. The minimum Gasteiger partial charge on any atom is -0.457 e. The van der Waals surface area contributed by atoms with Crippen LogP contribution in [0.2, 0.25) is 0 Å². The first-order valence-electron chi connectivity index (χ1n) is 6.29. The van der Waals surface area contributed by atoms with Crippen molar-refractivity contribution in [2.75, 3.05) is 0 Å². The number of nitro benzene ring substituents is 1. The summed E-state index contributed by atoms with van der Waals surface area (Å²) in [7, 11) is 0. The van der Waals surface area contributed by atoms with Crippen LogP contribution in [0.3, 0.4) is 0 Å². The highest BCUT2D eigenvalue weighted by Gasteiger charge is 2.14. The first-order chi connectivity index (χ1) is 9.88. The number of nitrogens with zero attached hydrogens (tertiary/aromatic N) is 1. The van der Waals surface area contributed by atoms with Crippen LogP contribution in [0.25, 0.3) is 0 Å². The van der Waals surface area contributed by atoms with E-state index in [9.17, 15) is 19.6 Å². The molecule has 0 saturated heterocycles. The molecule has 0 amide bonds. The van der Waals surface area contributed by atoms with E-state index in [1.807, 2.05) is 0 Å². The first-order valence-corrected chi connectivity index (χ1v) is 6.29. The number of rotatable bonds is 4. The summed E-state index contributed by atoms with van der Waals surface area (Å²) >= 11 is 0. The maximum absolute atomic E-state index is 13.2. The molecule has 0 fully saturated rings. The Morgan fingerprint density at radius 3 is 2.57 bits per heavy atom. The van der Waals surface area contributed by atoms with Crippen molar-refractivity contribution in [2.45, 2.75) is 20.0 Å². The van der Waals surface area contributed by atoms with Crippen LogP contribution in [0, 0.1) is 22.9 Å². The van der Waals surface area contributed by atoms with Gasteiger partial charge in [0.1, 0.15) is 17.3 Å². The molecule has 21 heavy (non-hydrogen) atoms. The van der Waals surface area contributed by atoms with Crippen molar-refractivity contribution in [1.82, 2.24) is 0 Å². The lowest BCUT2D eigenvalue weighted by Gasteiger charge is -2.13. The van der Waals surface area contributed by atoms with Crippen LogP contribution >= 0.6 is 0 Å². The Hall–Kier alpha value is -2.47. The Morgan fingerprint density at radius 1 is 1.29 bits per heavy atom. The number of aliphatic hydroxyl groups excluding tert-OH is 1. The van der Waals surface area contributed by atoms with E-state index in [1.54, 1.807) is 6.92 Å². The van der Waals surface area contributed by atoms with Gasteiger partial charge in [-0.25, -0.2) is 4.39 Å². The number of halogens is 1. The van der Waals surface area contributed by atoms with Crippen molar-refractivity contribution < 1.29 is 19.2 Å². The van der Waals surface area contributed by atoms with Crippen molar-refractivity contribution in [3.63, 3.8) is 0 Å². The molecule has 0 aliphatic carbocycles. The maximum atomic E-state index is 13.2. The fourth-order valence-corrected chi connectivity index (χ4v) is 1.96. The van der Waals surface area contributed by atoms with Crippen LogP contribution in [-0.2, 0) is 0 Å². The van der Waals surface area contributed by atoms with Crippen LogP contribution in [-0.4, -0.2) is 10.0 Å². The molecule has 1 unspecified atom stereocenters. The SMILES string of the molecule is Cc1cc(Oc2ccc(F)cc2C(C)O)ccc1[N+](=O)[O-]. The molecular weight excluding hydrogens is 277 g/mol. The van der Waals surface area contributed by atoms with Crippen LogP contribution in [0.5, 0.6) is 11.5 Å². The van der Waals surface area contributed by atoms with Gasteiger partial charge in [0.25, 0.3) is 5.69 Å². The van der Waals surface area contributed by atoms with Crippen molar-refractivity contribution in [2.24, 2.45) is 0 Å². The lowest BCUT2D eigenvalue weighted by atomic mass is 10.1. The Bertz CT molecular complexity index is 685. The van der Waals surface area contributed by atoms with Gasteiger partial charge < -0.3 is 9.84 Å². The van der Waals surface area contributed by atoms with Crippen LogP contribution < -0.4 is 4.74 Å². The van der Waals surface area contributed by atoms with Gasteiger partial charge in [0.05, 0.1) is 11.0 Å². The predicted molar refractivity (Wildman–Crippen MR) is 74.9 cm³/mol. The summed E-state index contributed by atoms with van der Waals surface area (Å²) in [5, 5.41) is 20.4. The van der Waals surface area contributed by atoms with Gasteiger partial charge in [0.15, 0.2) is 0 Å². The molecule has 110 valence electrons. The van der Waals surface area contributed by atoms with Crippen LogP contribution in [0.1, 0.15) is 24.2 Å². The van der Waals surface area contributed by atoms with E-state index in [0.29, 0.717) is 22.6 Å². The molecule has 0 saturated carbocycles. The highest BCUT2D eigenvalue weighted by molar-refractivity contribution is 5.46. The van der Waals surface area contributed by atoms with Gasteiger partial charge in [-0.2, -0.15) is 0 Å². The molecule has 5 nitrogen and oxygen atoms in total. The summed E-state index contributed by atoms with van der Waals surface area (Å²) in [4.78, 5) is 10.3. The zero-order valence-corrected chi connectivity index (χ0v) is 11.5. The van der Waals surface area contributed by atoms with Gasteiger partial charge in [0.2, 0.25) is 0 Å². The highest BCUT2D eigenvalue weighted by atomic mass is 19.1. The largest absolute Gasteiger partial charge is 0.457 e. The molecule has 2 aromatic carbocycles. The molecule has 1 N–H and O–H groups in total. The molecule has 0 radical (unpaired) electrons. The summed E-state index contributed by atoms with van der Waals surface area (Å²) in [6.45, 7) is 3.11. The second-order valence-electron chi connectivity index (χ2n) is 4.67. The smallest absolute Gasteiger partial charge is 0.272 e. The summed E-state index contributed by atoms with van der Waals surface area (Å²) in [6, 6.07) is 8.15. The van der Waals surface area contributed by atoms with E-state index in [4.69, 9.17) is 4.74 Å². The third-order valence-electron chi connectivity index (χ3n) is 3.01. The van der Waals surface area contributed by atoms with E-state index in [1.165, 1.54) is 43.3 Å². The fraction of sp³-hybridized carbons (Fsp3) is 0.200. The Morgan fingerprint density at radius 2 is 2.00 bits per heavy atom. The Kier molecular flexibility index (Phi) is 4.18. The second-order valence-corrected chi connectivity index (χ2v) is 4.67. The molecule has 2 aromatic rings. The summed E-state index contributed by atoms with van der Waals surface area (Å²) < 4.78 is 18.8. The minimum atomic E-state index is -0.894. The Balaban J connectivity index is 2.34. The summed E-state index contributed by atoms with van der Waals surface area (Å²) in [6.07, 6.45) is -0.894. The molecule has 0 heterocycles. The number of ether oxygens (including phenoxy) is 1. The maximum Gasteiger partial charge on any atom is 0.272 e. The van der Waals surface area contributed by atoms with Gasteiger partial charge >= 0.3 is 0 Å². The van der Waals surface area contributed by atoms with E-state index in [-0.39, 0.29) is 5.69 Å². The molecule has 1 atom stereocenters. The topological polar surface area (TPSA) is 72.6 Å². The zero-order valence-electron chi connectivity index (χ0n) is 11.5. The molecule has 0 aliphatic heterocycles. The second kappa shape index (κ2) is 5.88.